The highest BCUT2D eigenvalue weighted by molar-refractivity contribution is 5.42. The summed E-state index contributed by atoms with van der Waals surface area (Å²) in [7, 11) is 3.38. The Labute approximate surface area is 109 Å². The Morgan fingerprint density at radius 1 is 1.22 bits per heavy atom. The number of methoxy groups -OCH3 is 2. The van der Waals surface area contributed by atoms with Crippen LogP contribution in [-0.4, -0.2) is 38.8 Å². The van der Waals surface area contributed by atoms with E-state index >= 15 is 0 Å². The van der Waals surface area contributed by atoms with E-state index in [2.05, 4.69) is 4.90 Å². The fourth-order valence-corrected chi connectivity index (χ4v) is 2.63. The Morgan fingerprint density at radius 3 is 2.50 bits per heavy atom. The maximum atomic E-state index is 5.96. The molecule has 1 aromatic rings. The second-order valence-corrected chi connectivity index (χ2v) is 4.60. The van der Waals surface area contributed by atoms with Gasteiger partial charge in [-0.15, -0.1) is 0 Å². The van der Waals surface area contributed by atoms with Gasteiger partial charge in [0, 0.05) is 12.1 Å². The molecule has 18 heavy (non-hydrogen) atoms. The lowest BCUT2D eigenvalue weighted by atomic mass is 10.0. The van der Waals surface area contributed by atoms with Crippen molar-refractivity contribution in [3.63, 3.8) is 0 Å². The van der Waals surface area contributed by atoms with Crippen LogP contribution in [0, 0.1) is 0 Å². The quantitative estimate of drug-likeness (QED) is 0.865. The Kier molecular flexibility index (Phi) is 4.44. The van der Waals surface area contributed by atoms with Gasteiger partial charge in [0.05, 0.1) is 20.3 Å². The van der Waals surface area contributed by atoms with Crippen molar-refractivity contribution in [2.24, 2.45) is 5.73 Å². The zero-order valence-electron chi connectivity index (χ0n) is 11.2. The van der Waals surface area contributed by atoms with E-state index in [-0.39, 0.29) is 6.04 Å². The maximum absolute atomic E-state index is 5.96. The predicted molar refractivity (Wildman–Crippen MR) is 72.1 cm³/mol. The molecule has 0 aliphatic carbocycles. The van der Waals surface area contributed by atoms with Crippen molar-refractivity contribution in [2.45, 2.75) is 18.9 Å². The van der Waals surface area contributed by atoms with Crippen LogP contribution in [-0.2, 0) is 0 Å². The minimum Gasteiger partial charge on any atom is -0.497 e. The second-order valence-electron chi connectivity index (χ2n) is 4.60. The molecule has 0 bridgehead atoms. The van der Waals surface area contributed by atoms with Crippen LogP contribution in [0.1, 0.15) is 24.4 Å². The number of likely N-dealkylation sites (tertiary alicyclic amines) is 1. The van der Waals surface area contributed by atoms with Crippen molar-refractivity contribution < 1.29 is 9.47 Å². The van der Waals surface area contributed by atoms with E-state index in [1.165, 1.54) is 12.8 Å². The summed E-state index contributed by atoms with van der Waals surface area (Å²) >= 11 is 0. The molecule has 0 aromatic heterocycles. The molecule has 1 aliphatic rings. The Balaban J connectivity index is 2.32. The largest absolute Gasteiger partial charge is 0.497 e. The Morgan fingerprint density at radius 2 is 1.94 bits per heavy atom. The van der Waals surface area contributed by atoms with Crippen LogP contribution in [0.25, 0.3) is 0 Å². The minimum absolute atomic E-state index is 0.220. The molecule has 0 radical (unpaired) electrons. The molecule has 2 N–H and O–H groups in total. The topological polar surface area (TPSA) is 47.7 Å². The zero-order chi connectivity index (χ0) is 13.0. The summed E-state index contributed by atoms with van der Waals surface area (Å²) in [6, 6.07) is 6.12. The van der Waals surface area contributed by atoms with Crippen LogP contribution < -0.4 is 15.2 Å². The summed E-state index contributed by atoms with van der Waals surface area (Å²) in [5.74, 6) is 1.74. The average Bonchev–Trinajstić information content (AvgIpc) is 2.93. The molecule has 0 unspecified atom stereocenters. The van der Waals surface area contributed by atoms with Gasteiger partial charge < -0.3 is 15.2 Å². The van der Waals surface area contributed by atoms with Gasteiger partial charge in [0.1, 0.15) is 11.5 Å². The van der Waals surface area contributed by atoms with Crippen LogP contribution in [0.15, 0.2) is 18.2 Å². The summed E-state index contributed by atoms with van der Waals surface area (Å²) < 4.78 is 10.7. The van der Waals surface area contributed by atoms with E-state index in [0.29, 0.717) is 6.54 Å². The predicted octanol–water partition coefficient (Wildman–Crippen LogP) is 1.80. The first-order valence-electron chi connectivity index (χ1n) is 6.46. The maximum Gasteiger partial charge on any atom is 0.123 e. The molecule has 100 valence electrons. The fourth-order valence-electron chi connectivity index (χ4n) is 2.63. The molecule has 0 amide bonds. The van der Waals surface area contributed by atoms with E-state index in [4.69, 9.17) is 15.2 Å². The molecule has 1 atom stereocenters. The molecule has 4 nitrogen and oxygen atoms in total. The number of rotatable bonds is 5. The lowest BCUT2D eigenvalue weighted by Crippen LogP contribution is -2.31. The Bertz CT molecular complexity index is 389. The number of hydrogen-bond acceptors (Lipinski definition) is 4. The van der Waals surface area contributed by atoms with Gasteiger partial charge in [0.25, 0.3) is 0 Å². The highest BCUT2D eigenvalue weighted by atomic mass is 16.5. The highest BCUT2D eigenvalue weighted by Crippen LogP contribution is 2.33. The van der Waals surface area contributed by atoms with Crippen molar-refractivity contribution in [3.8, 4) is 11.5 Å². The zero-order valence-corrected chi connectivity index (χ0v) is 11.2. The number of benzene rings is 1. The fraction of sp³-hybridized carbons (Fsp3) is 0.571. The molecule has 0 saturated carbocycles. The first-order valence-corrected chi connectivity index (χ1v) is 6.46. The van der Waals surface area contributed by atoms with E-state index in [1.807, 2.05) is 18.2 Å². The number of ether oxygens (including phenoxy) is 2. The molecular weight excluding hydrogens is 228 g/mol. The van der Waals surface area contributed by atoms with Gasteiger partial charge >= 0.3 is 0 Å². The van der Waals surface area contributed by atoms with Crippen molar-refractivity contribution in [1.29, 1.82) is 0 Å². The second kappa shape index (κ2) is 6.07. The van der Waals surface area contributed by atoms with Crippen LogP contribution in [0.5, 0.6) is 11.5 Å². The van der Waals surface area contributed by atoms with Gasteiger partial charge in [0.15, 0.2) is 0 Å². The Hall–Kier alpha value is -1.26. The lowest BCUT2D eigenvalue weighted by molar-refractivity contribution is 0.244. The normalized spacial score (nSPS) is 17.7. The molecule has 4 heteroatoms. The average molecular weight is 250 g/mol. The smallest absolute Gasteiger partial charge is 0.123 e. The molecular formula is C14H22N2O2. The minimum atomic E-state index is 0.220. The van der Waals surface area contributed by atoms with Gasteiger partial charge in [-0.05, 0) is 44.1 Å². The third-order valence-corrected chi connectivity index (χ3v) is 3.60. The van der Waals surface area contributed by atoms with Gasteiger partial charge in [-0.3, -0.25) is 4.90 Å². The van der Waals surface area contributed by atoms with Crippen molar-refractivity contribution >= 4 is 0 Å². The summed E-state index contributed by atoms with van der Waals surface area (Å²) in [6.45, 7) is 2.83. The molecule has 1 saturated heterocycles. The summed E-state index contributed by atoms with van der Waals surface area (Å²) in [5, 5.41) is 0. The van der Waals surface area contributed by atoms with Crippen molar-refractivity contribution in [2.75, 3.05) is 33.9 Å². The van der Waals surface area contributed by atoms with Gasteiger partial charge in [-0.2, -0.15) is 0 Å². The summed E-state index contributed by atoms with van der Waals surface area (Å²) in [4.78, 5) is 2.43. The number of nitrogens with two attached hydrogens (primary N) is 1. The third kappa shape index (κ3) is 2.60. The van der Waals surface area contributed by atoms with E-state index in [1.54, 1.807) is 14.2 Å². The molecule has 1 heterocycles. The number of hydrogen-bond donors (Lipinski definition) is 1. The first kappa shape index (κ1) is 13.2. The highest BCUT2D eigenvalue weighted by Gasteiger charge is 2.25. The van der Waals surface area contributed by atoms with Crippen LogP contribution in [0.3, 0.4) is 0 Å². The van der Waals surface area contributed by atoms with E-state index in [0.717, 1.165) is 30.2 Å². The van der Waals surface area contributed by atoms with Crippen molar-refractivity contribution in [3.05, 3.63) is 23.8 Å². The lowest BCUT2D eigenvalue weighted by Gasteiger charge is -2.28. The molecule has 1 fully saturated rings. The molecule has 1 aromatic carbocycles. The first-order chi connectivity index (χ1) is 8.80. The van der Waals surface area contributed by atoms with Gasteiger partial charge in [0.2, 0.25) is 0 Å². The molecule has 1 aliphatic heterocycles. The monoisotopic (exact) mass is 250 g/mol. The molecule has 2 rings (SSSR count). The van der Waals surface area contributed by atoms with Crippen LogP contribution >= 0.6 is 0 Å². The van der Waals surface area contributed by atoms with Gasteiger partial charge in [-0.25, -0.2) is 0 Å². The third-order valence-electron chi connectivity index (χ3n) is 3.60. The van der Waals surface area contributed by atoms with E-state index < -0.39 is 0 Å². The molecule has 0 spiro atoms. The van der Waals surface area contributed by atoms with Crippen LogP contribution in [0.2, 0.25) is 0 Å². The van der Waals surface area contributed by atoms with Crippen LogP contribution in [0.4, 0.5) is 0 Å². The summed E-state index contributed by atoms with van der Waals surface area (Å²) in [5.41, 5.74) is 7.09. The van der Waals surface area contributed by atoms with E-state index in [9.17, 15) is 0 Å². The van der Waals surface area contributed by atoms with Crippen molar-refractivity contribution in [1.82, 2.24) is 4.90 Å². The van der Waals surface area contributed by atoms with Gasteiger partial charge in [-0.1, -0.05) is 0 Å². The standard InChI is InChI=1S/C14H22N2O2/c1-17-11-5-6-14(18-2)12(9-11)13(10-15)16-7-3-4-8-16/h5-6,9,13H,3-4,7-8,10,15H2,1-2H3/t13-/m1/s1. The summed E-state index contributed by atoms with van der Waals surface area (Å²) in [6.07, 6.45) is 2.51. The SMILES string of the molecule is COc1ccc(OC)c([C@@H](CN)N2CCCC2)c1. The number of nitrogens with zero attached hydrogens (tertiary/aromatic N) is 1.